The van der Waals surface area contributed by atoms with Gasteiger partial charge in [-0.2, -0.15) is 0 Å². The van der Waals surface area contributed by atoms with Gasteiger partial charge in [0.05, 0.1) is 6.42 Å². The van der Waals surface area contributed by atoms with Crippen LogP contribution < -0.4 is 0 Å². The molecule has 0 saturated carbocycles. The lowest BCUT2D eigenvalue weighted by atomic mass is 10.1. The zero-order valence-electron chi connectivity index (χ0n) is 9.72. The fourth-order valence-corrected chi connectivity index (χ4v) is 1.52. The van der Waals surface area contributed by atoms with E-state index >= 15 is 0 Å². The highest BCUT2D eigenvalue weighted by Crippen LogP contribution is 2.20. The average Bonchev–Trinajstić information content (AvgIpc) is 2.36. The van der Waals surface area contributed by atoms with E-state index in [2.05, 4.69) is 12.6 Å². The van der Waals surface area contributed by atoms with E-state index in [4.69, 9.17) is 14.9 Å². The maximum Gasteiger partial charge on any atom is 0.333 e. The third-order valence-corrected chi connectivity index (χ3v) is 2.46. The van der Waals surface area contributed by atoms with E-state index in [-0.39, 0.29) is 0 Å². The summed E-state index contributed by atoms with van der Waals surface area (Å²) in [7, 11) is 0. The molecule has 19 heavy (non-hydrogen) atoms. The number of carboxylic acids is 1. The van der Waals surface area contributed by atoms with E-state index in [1.807, 2.05) is 0 Å². The van der Waals surface area contributed by atoms with Crippen LogP contribution >= 0.6 is 12.6 Å². The number of ether oxygens (including phenoxy) is 1. The van der Waals surface area contributed by atoms with Crippen LogP contribution in [0.1, 0.15) is 18.1 Å². The van der Waals surface area contributed by atoms with Crippen molar-refractivity contribution in [2.45, 2.75) is 18.6 Å². The van der Waals surface area contributed by atoms with Crippen LogP contribution in [0.15, 0.2) is 30.3 Å². The average molecular weight is 284 g/mol. The van der Waals surface area contributed by atoms with Crippen LogP contribution in [-0.4, -0.2) is 33.4 Å². The molecule has 2 atom stereocenters. The third-order valence-electron chi connectivity index (χ3n) is 2.22. The number of carbonyl (C=O) groups excluding carboxylic acids is 2. The van der Waals surface area contributed by atoms with Gasteiger partial charge >= 0.3 is 11.9 Å². The summed E-state index contributed by atoms with van der Waals surface area (Å²) >= 11 is 3.62. The summed E-state index contributed by atoms with van der Waals surface area (Å²) in [5, 5.41) is 16.8. The molecule has 0 fully saturated rings. The van der Waals surface area contributed by atoms with Gasteiger partial charge in [-0.15, -0.1) is 12.6 Å². The van der Waals surface area contributed by atoms with Gasteiger partial charge in [0.2, 0.25) is 5.12 Å². The predicted molar refractivity (Wildman–Crippen MR) is 67.5 cm³/mol. The van der Waals surface area contributed by atoms with Gasteiger partial charge in [0, 0.05) is 5.56 Å². The summed E-state index contributed by atoms with van der Waals surface area (Å²) in [5.74, 6) is -2.53. The number of benzene rings is 1. The molecule has 0 amide bonds. The first kappa shape index (κ1) is 15.2. The van der Waals surface area contributed by atoms with Gasteiger partial charge in [-0.05, 0) is 0 Å². The molecule has 0 bridgehead atoms. The van der Waals surface area contributed by atoms with Gasteiger partial charge in [-0.25, -0.2) is 4.79 Å². The highest BCUT2D eigenvalue weighted by atomic mass is 32.1. The first-order valence-electron chi connectivity index (χ1n) is 5.30. The van der Waals surface area contributed by atoms with Crippen molar-refractivity contribution in [3.8, 4) is 0 Å². The first-order chi connectivity index (χ1) is 8.91. The normalized spacial score (nSPS) is 13.4. The van der Waals surface area contributed by atoms with Crippen molar-refractivity contribution in [3.63, 3.8) is 0 Å². The van der Waals surface area contributed by atoms with Gasteiger partial charge in [0.1, 0.15) is 0 Å². The van der Waals surface area contributed by atoms with Crippen LogP contribution in [0.2, 0.25) is 0 Å². The number of carboxylic acid groups (broad SMARTS) is 1. The lowest BCUT2D eigenvalue weighted by Gasteiger charge is -2.15. The molecular formula is C12H12O6S. The number of thiol groups is 1. The van der Waals surface area contributed by atoms with Crippen LogP contribution in [0.5, 0.6) is 0 Å². The number of aliphatic hydroxyl groups is 1. The maximum absolute atomic E-state index is 11.4. The Balaban J connectivity index is 2.73. The smallest absolute Gasteiger partial charge is 0.333 e. The molecule has 1 aromatic carbocycles. The molecule has 1 aromatic rings. The molecule has 0 saturated heterocycles. The molecule has 0 heterocycles. The molecule has 0 aliphatic carbocycles. The summed E-state index contributed by atoms with van der Waals surface area (Å²) in [5.41, 5.74) is 0.417. The Bertz CT molecular complexity index is 472. The maximum atomic E-state index is 11.4. The fourth-order valence-electron chi connectivity index (χ4n) is 1.31. The Morgan fingerprint density at radius 1 is 1.21 bits per heavy atom. The SMILES string of the molecule is O=C(CC(O)C(=O)O)OC(C(=O)S)c1ccccc1. The molecule has 2 unspecified atom stereocenters. The molecule has 7 heteroatoms. The Morgan fingerprint density at radius 3 is 2.26 bits per heavy atom. The third kappa shape index (κ3) is 4.72. The minimum Gasteiger partial charge on any atom is -0.479 e. The van der Waals surface area contributed by atoms with Gasteiger partial charge in [-0.3, -0.25) is 9.59 Å². The number of hydrogen-bond acceptors (Lipinski definition) is 5. The summed E-state index contributed by atoms with van der Waals surface area (Å²) in [6.45, 7) is 0. The van der Waals surface area contributed by atoms with E-state index in [1.54, 1.807) is 30.3 Å². The number of carbonyl (C=O) groups is 3. The molecule has 2 N–H and O–H groups in total. The summed E-state index contributed by atoms with van der Waals surface area (Å²) in [6.07, 6.45) is -3.82. The largest absolute Gasteiger partial charge is 0.479 e. The second-order valence-corrected chi connectivity index (χ2v) is 4.12. The Morgan fingerprint density at radius 2 is 1.79 bits per heavy atom. The zero-order chi connectivity index (χ0) is 14.4. The van der Waals surface area contributed by atoms with Crippen LogP contribution in [0.25, 0.3) is 0 Å². The molecule has 6 nitrogen and oxygen atoms in total. The van der Waals surface area contributed by atoms with E-state index in [0.717, 1.165) is 0 Å². The number of esters is 1. The van der Waals surface area contributed by atoms with Crippen molar-refractivity contribution >= 4 is 29.7 Å². The van der Waals surface area contributed by atoms with Crippen molar-refractivity contribution in [1.82, 2.24) is 0 Å². The van der Waals surface area contributed by atoms with Gasteiger partial charge in [0.25, 0.3) is 0 Å². The van der Waals surface area contributed by atoms with Crippen molar-refractivity contribution in [2.24, 2.45) is 0 Å². The Labute approximate surface area is 114 Å². The van der Waals surface area contributed by atoms with E-state index in [9.17, 15) is 14.4 Å². The first-order valence-corrected chi connectivity index (χ1v) is 5.74. The minimum atomic E-state index is -1.86. The van der Waals surface area contributed by atoms with Crippen molar-refractivity contribution < 1.29 is 29.3 Å². The van der Waals surface area contributed by atoms with Crippen molar-refractivity contribution in [3.05, 3.63) is 35.9 Å². The quantitative estimate of drug-likeness (QED) is 0.521. The predicted octanol–water partition coefficient (Wildman–Crippen LogP) is 0.563. The van der Waals surface area contributed by atoms with E-state index < -0.39 is 35.7 Å². The number of hydrogen-bond donors (Lipinski definition) is 3. The molecule has 0 aliphatic heterocycles. The van der Waals surface area contributed by atoms with Crippen LogP contribution in [0.3, 0.4) is 0 Å². The second kappa shape index (κ2) is 6.91. The number of rotatable bonds is 6. The molecule has 0 radical (unpaired) electrons. The van der Waals surface area contributed by atoms with E-state index in [0.29, 0.717) is 5.56 Å². The summed E-state index contributed by atoms with van der Waals surface area (Å²) in [4.78, 5) is 33.1. The minimum absolute atomic E-state index is 0.417. The second-order valence-electron chi connectivity index (χ2n) is 3.68. The monoisotopic (exact) mass is 284 g/mol. The zero-order valence-corrected chi connectivity index (χ0v) is 10.6. The summed E-state index contributed by atoms with van der Waals surface area (Å²) in [6, 6.07) is 8.16. The lowest BCUT2D eigenvalue weighted by molar-refractivity contribution is -0.160. The van der Waals surface area contributed by atoms with Gasteiger partial charge in [-0.1, -0.05) is 30.3 Å². The lowest BCUT2D eigenvalue weighted by Crippen LogP contribution is -2.26. The van der Waals surface area contributed by atoms with Crippen LogP contribution in [-0.2, 0) is 19.1 Å². The molecule has 1 rings (SSSR count). The van der Waals surface area contributed by atoms with E-state index in [1.165, 1.54) is 0 Å². The molecule has 0 aromatic heterocycles. The van der Waals surface area contributed by atoms with Crippen LogP contribution in [0.4, 0.5) is 0 Å². The van der Waals surface area contributed by atoms with Crippen molar-refractivity contribution in [1.29, 1.82) is 0 Å². The Kier molecular flexibility index (Phi) is 5.53. The standard InChI is InChI=1S/C12H12O6S/c13-8(11(15)16)6-9(14)18-10(12(17)19)7-4-2-1-3-5-7/h1-5,8,10,13H,6H2,(H,15,16)(H,17,19). The van der Waals surface area contributed by atoms with Crippen LogP contribution in [0, 0.1) is 0 Å². The number of aliphatic carboxylic acids is 1. The molecule has 0 spiro atoms. The van der Waals surface area contributed by atoms with Gasteiger partial charge < -0.3 is 14.9 Å². The Hall–Kier alpha value is -1.86. The number of aliphatic hydroxyl groups excluding tert-OH is 1. The van der Waals surface area contributed by atoms with Crippen molar-refractivity contribution in [2.75, 3.05) is 0 Å². The summed E-state index contributed by atoms with van der Waals surface area (Å²) < 4.78 is 4.83. The molecule has 102 valence electrons. The highest BCUT2D eigenvalue weighted by Gasteiger charge is 2.25. The molecular weight excluding hydrogens is 272 g/mol. The highest BCUT2D eigenvalue weighted by molar-refractivity contribution is 7.96. The molecule has 0 aliphatic rings. The topological polar surface area (TPSA) is 101 Å². The van der Waals surface area contributed by atoms with Gasteiger partial charge in [0.15, 0.2) is 12.2 Å². The fraction of sp³-hybridized carbons (Fsp3) is 0.250.